The van der Waals surface area contributed by atoms with Gasteiger partial charge in [-0.3, -0.25) is 9.69 Å². The second-order valence-electron chi connectivity index (χ2n) is 6.34. The lowest BCUT2D eigenvalue weighted by molar-refractivity contribution is -0.130. The number of methoxy groups -OCH3 is 1. The number of urea groups is 1. The van der Waals surface area contributed by atoms with Crippen LogP contribution in [-0.2, 0) is 11.2 Å². The van der Waals surface area contributed by atoms with E-state index in [1.165, 1.54) is 18.6 Å². The van der Waals surface area contributed by atoms with E-state index in [-0.39, 0.29) is 18.4 Å². The predicted octanol–water partition coefficient (Wildman–Crippen LogP) is 1.40. The molecular formula is C15H27N5O3S. The molecule has 3 amide bonds. The van der Waals surface area contributed by atoms with Crippen molar-refractivity contribution in [3.8, 4) is 6.01 Å². The molecule has 1 rings (SSSR count). The van der Waals surface area contributed by atoms with Gasteiger partial charge in [0.1, 0.15) is 5.01 Å². The number of nitrogens with two attached hydrogens (primary N) is 2. The summed E-state index contributed by atoms with van der Waals surface area (Å²) in [6, 6.07) is -1.11. The summed E-state index contributed by atoms with van der Waals surface area (Å²) in [6.07, 6.45) is 1.83. The number of primary amides is 1. The average molecular weight is 357 g/mol. The molecule has 0 fully saturated rings. The van der Waals surface area contributed by atoms with Crippen LogP contribution < -0.4 is 16.2 Å². The van der Waals surface area contributed by atoms with E-state index in [4.69, 9.17) is 16.2 Å². The van der Waals surface area contributed by atoms with Crippen molar-refractivity contribution in [2.24, 2.45) is 23.3 Å². The maximum Gasteiger partial charge on any atom is 0.328 e. The van der Waals surface area contributed by atoms with Gasteiger partial charge < -0.3 is 16.2 Å². The Labute approximate surface area is 146 Å². The van der Waals surface area contributed by atoms with Crippen LogP contribution in [0.25, 0.3) is 0 Å². The normalized spacial score (nSPS) is 13.6. The van der Waals surface area contributed by atoms with Crippen molar-refractivity contribution in [3.63, 3.8) is 0 Å². The van der Waals surface area contributed by atoms with Gasteiger partial charge in [-0.2, -0.15) is 4.98 Å². The molecule has 0 aliphatic rings. The van der Waals surface area contributed by atoms with Crippen LogP contribution in [-0.4, -0.2) is 45.9 Å². The molecule has 0 aromatic carbocycles. The van der Waals surface area contributed by atoms with Gasteiger partial charge in [0, 0.05) is 13.0 Å². The van der Waals surface area contributed by atoms with Crippen LogP contribution in [0.4, 0.5) is 4.79 Å². The first-order valence-electron chi connectivity index (χ1n) is 7.97. The number of aromatic nitrogens is 2. The largest absolute Gasteiger partial charge is 0.466 e. The molecule has 136 valence electrons. The summed E-state index contributed by atoms with van der Waals surface area (Å²) in [6.45, 7) is 6.21. The fraction of sp³-hybridized carbons (Fsp3) is 0.733. The van der Waals surface area contributed by atoms with E-state index in [0.717, 1.165) is 9.91 Å². The maximum absolute atomic E-state index is 12.3. The Morgan fingerprint density at radius 3 is 2.50 bits per heavy atom. The Balaban J connectivity index is 2.56. The van der Waals surface area contributed by atoms with Crippen LogP contribution in [0.5, 0.6) is 6.01 Å². The number of hydrogen-bond acceptors (Lipinski definition) is 7. The van der Waals surface area contributed by atoms with Crippen LogP contribution >= 0.6 is 11.5 Å². The van der Waals surface area contributed by atoms with Gasteiger partial charge in [-0.25, -0.2) is 4.79 Å². The summed E-state index contributed by atoms with van der Waals surface area (Å²) < 4.78 is 9.00. The minimum Gasteiger partial charge on any atom is -0.466 e. The minimum absolute atomic E-state index is 0.207. The summed E-state index contributed by atoms with van der Waals surface area (Å²) in [5.74, 6) is 0.0598. The Morgan fingerprint density at radius 2 is 2.00 bits per heavy atom. The lowest BCUT2D eigenvalue weighted by Gasteiger charge is -2.24. The molecule has 9 heteroatoms. The zero-order valence-electron chi connectivity index (χ0n) is 14.7. The molecule has 4 N–H and O–H groups in total. The third kappa shape index (κ3) is 6.40. The molecule has 0 spiro atoms. The van der Waals surface area contributed by atoms with Crippen LogP contribution in [0.2, 0.25) is 0 Å². The number of carbonyl (C=O) groups is 2. The first-order valence-corrected chi connectivity index (χ1v) is 8.74. The third-order valence-corrected chi connectivity index (χ3v) is 4.29. The molecular weight excluding hydrogens is 330 g/mol. The molecule has 1 unspecified atom stereocenters. The first kappa shape index (κ1) is 20.3. The lowest BCUT2D eigenvalue weighted by atomic mass is 10.0. The van der Waals surface area contributed by atoms with Gasteiger partial charge in [0.25, 0.3) is 0 Å². The van der Waals surface area contributed by atoms with E-state index >= 15 is 0 Å². The van der Waals surface area contributed by atoms with Gasteiger partial charge in [-0.15, -0.1) is 4.37 Å². The van der Waals surface area contributed by atoms with Crippen molar-refractivity contribution in [2.45, 2.75) is 46.1 Å². The molecule has 0 saturated heterocycles. The Hall–Kier alpha value is -1.74. The quantitative estimate of drug-likeness (QED) is 0.688. The number of ether oxygens (including phenoxy) is 1. The highest BCUT2D eigenvalue weighted by Gasteiger charge is 2.25. The SMILES string of the molecule is COc1nsc(CC(C)CCN(C(N)=O)C(=O)[C@@H](N)CC(C)C)n1. The van der Waals surface area contributed by atoms with Crippen molar-refractivity contribution in [1.82, 2.24) is 14.3 Å². The first-order chi connectivity index (χ1) is 11.2. The number of hydrogen-bond donors (Lipinski definition) is 2. The zero-order chi connectivity index (χ0) is 18.3. The Bertz CT molecular complexity index is 549. The number of nitrogens with zero attached hydrogens (tertiary/aromatic N) is 3. The van der Waals surface area contributed by atoms with Gasteiger partial charge in [0.05, 0.1) is 13.2 Å². The highest BCUT2D eigenvalue weighted by molar-refractivity contribution is 7.05. The van der Waals surface area contributed by atoms with Crippen molar-refractivity contribution in [3.05, 3.63) is 5.01 Å². The molecule has 0 aliphatic carbocycles. The number of amides is 3. The van der Waals surface area contributed by atoms with E-state index in [9.17, 15) is 9.59 Å². The average Bonchev–Trinajstić information content (AvgIpc) is 2.93. The van der Waals surface area contributed by atoms with E-state index in [1.807, 2.05) is 20.8 Å². The fourth-order valence-corrected chi connectivity index (χ4v) is 3.07. The standard InChI is InChI=1S/C15H27N5O3S/c1-9(2)7-11(16)13(21)20(14(17)22)6-5-10(3)8-12-18-15(23-4)19-24-12/h9-11H,5-8,16H2,1-4H3,(H2,17,22)/t10?,11-/m0/s1. The lowest BCUT2D eigenvalue weighted by Crippen LogP contribution is -2.50. The van der Waals surface area contributed by atoms with Gasteiger partial charge in [-0.05, 0) is 36.2 Å². The third-order valence-electron chi connectivity index (χ3n) is 3.58. The summed E-state index contributed by atoms with van der Waals surface area (Å²) in [4.78, 5) is 29.1. The van der Waals surface area contributed by atoms with E-state index < -0.39 is 18.0 Å². The van der Waals surface area contributed by atoms with E-state index in [1.54, 1.807) is 0 Å². The topological polar surface area (TPSA) is 124 Å². The zero-order valence-corrected chi connectivity index (χ0v) is 15.5. The molecule has 0 aliphatic heterocycles. The van der Waals surface area contributed by atoms with E-state index in [2.05, 4.69) is 9.36 Å². The van der Waals surface area contributed by atoms with Crippen LogP contribution in [0.1, 0.15) is 38.6 Å². The maximum atomic E-state index is 12.3. The molecule has 8 nitrogen and oxygen atoms in total. The van der Waals surface area contributed by atoms with E-state index in [0.29, 0.717) is 25.3 Å². The fourth-order valence-electron chi connectivity index (χ4n) is 2.29. The Morgan fingerprint density at radius 1 is 1.33 bits per heavy atom. The summed E-state index contributed by atoms with van der Waals surface area (Å²) in [5, 5.41) is 0.854. The van der Waals surface area contributed by atoms with Crippen LogP contribution in [0, 0.1) is 11.8 Å². The van der Waals surface area contributed by atoms with Gasteiger partial charge in [0.15, 0.2) is 0 Å². The van der Waals surface area contributed by atoms with Crippen molar-refractivity contribution >= 4 is 23.5 Å². The molecule has 1 aromatic rings. The molecule has 0 radical (unpaired) electrons. The van der Waals surface area contributed by atoms with Crippen molar-refractivity contribution in [1.29, 1.82) is 0 Å². The van der Waals surface area contributed by atoms with Gasteiger partial charge in [-0.1, -0.05) is 20.8 Å². The Kier molecular flexibility index (Phi) is 8.06. The summed E-state index contributed by atoms with van der Waals surface area (Å²) in [5.41, 5.74) is 11.2. The molecule has 0 bridgehead atoms. The highest BCUT2D eigenvalue weighted by Crippen LogP contribution is 2.17. The number of imide groups is 1. The second kappa shape index (κ2) is 9.53. The monoisotopic (exact) mass is 357 g/mol. The predicted molar refractivity (Wildman–Crippen MR) is 92.7 cm³/mol. The van der Waals surface area contributed by atoms with Crippen LogP contribution in [0.3, 0.4) is 0 Å². The van der Waals surface area contributed by atoms with Gasteiger partial charge >= 0.3 is 12.0 Å². The molecule has 0 saturated carbocycles. The van der Waals surface area contributed by atoms with Gasteiger partial charge in [0.2, 0.25) is 5.91 Å². The molecule has 24 heavy (non-hydrogen) atoms. The van der Waals surface area contributed by atoms with Crippen molar-refractivity contribution < 1.29 is 14.3 Å². The molecule has 2 atom stereocenters. The summed E-state index contributed by atoms with van der Waals surface area (Å²) in [7, 11) is 1.52. The highest BCUT2D eigenvalue weighted by atomic mass is 32.1. The van der Waals surface area contributed by atoms with Crippen LogP contribution in [0.15, 0.2) is 0 Å². The van der Waals surface area contributed by atoms with Crippen molar-refractivity contribution in [2.75, 3.05) is 13.7 Å². The number of rotatable bonds is 9. The molecule has 1 heterocycles. The summed E-state index contributed by atoms with van der Waals surface area (Å²) >= 11 is 1.28. The number of carbonyl (C=O) groups excluding carboxylic acids is 2. The minimum atomic E-state index is -0.760. The smallest absolute Gasteiger partial charge is 0.328 e. The second-order valence-corrected chi connectivity index (χ2v) is 7.17. The molecule has 1 aromatic heterocycles.